The number of rotatable bonds is 4. The summed E-state index contributed by atoms with van der Waals surface area (Å²) in [5.41, 5.74) is 0. The molecule has 1 N–H and O–H groups in total. The Kier molecular flexibility index (Phi) is 3.72. The van der Waals surface area contributed by atoms with Crippen LogP contribution >= 0.6 is 0 Å². The molecule has 2 aliphatic carbocycles. The molecule has 0 radical (unpaired) electrons. The zero-order valence-electron chi connectivity index (χ0n) is 13.0. The number of likely N-dealkylation sites (tertiary alicyclic amines) is 1. The van der Waals surface area contributed by atoms with Gasteiger partial charge in [0.2, 0.25) is 5.91 Å². The van der Waals surface area contributed by atoms with E-state index in [1.165, 1.54) is 25.7 Å². The van der Waals surface area contributed by atoms with Gasteiger partial charge in [-0.05, 0) is 38.2 Å². The van der Waals surface area contributed by atoms with Crippen LogP contribution in [0.1, 0.15) is 56.7 Å². The van der Waals surface area contributed by atoms with E-state index in [4.69, 9.17) is 0 Å². The van der Waals surface area contributed by atoms with E-state index in [9.17, 15) is 4.79 Å². The lowest BCUT2D eigenvalue weighted by molar-refractivity contribution is -0.134. The Morgan fingerprint density at radius 3 is 2.77 bits per heavy atom. The van der Waals surface area contributed by atoms with E-state index in [1.807, 2.05) is 12.3 Å². The third-order valence-corrected chi connectivity index (χ3v) is 5.17. The average molecular weight is 300 g/mol. The molecule has 2 heterocycles. The Morgan fingerprint density at radius 1 is 1.18 bits per heavy atom. The Hall–Kier alpha value is -1.65. The van der Waals surface area contributed by atoms with E-state index in [-0.39, 0.29) is 0 Å². The second kappa shape index (κ2) is 5.86. The highest BCUT2D eigenvalue weighted by molar-refractivity contribution is 5.79. The molecule has 118 valence electrons. The second-order valence-corrected chi connectivity index (χ2v) is 6.97. The normalized spacial score (nSPS) is 25.6. The summed E-state index contributed by atoms with van der Waals surface area (Å²) in [6, 6.07) is 2.26. The van der Waals surface area contributed by atoms with Crippen molar-refractivity contribution < 1.29 is 4.79 Å². The van der Waals surface area contributed by atoms with Crippen molar-refractivity contribution in [3.8, 4) is 0 Å². The van der Waals surface area contributed by atoms with Gasteiger partial charge < -0.3 is 10.2 Å². The number of hydrogen-bond donors (Lipinski definition) is 1. The standard InChI is InChI=1S/C17H24N4O/c22-17(13-3-1-2-4-13)21-10-8-14(11-21)19-15-7-9-18-16(20-15)12-5-6-12/h7,9,12-14H,1-6,8,10-11H2,(H,18,19,20). The Morgan fingerprint density at radius 2 is 2.00 bits per heavy atom. The van der Waals surface area contributed by atoms with Gasteiger partial charge in [-0.15, -0.1) is 0 Å². The first-order valence-corrected chi connectivity index (χ1v) is 8.68. The molecular weight excluding hydrogens is 276 g/mol. The third kappa shape index (κ3) is 2.94. The molecule has 3 fully saturated rings. The molecule has 1 aliphatic heterocycles. The van der Waals surface area contributed by atoms with E-state index in [0.29, 0.717) is 23.8 Å². The van der Waals surface area contributed by atoms with Gasteiger partial charge in [-0.25, -0.2) is 9.97 Å². The summed E-state index contributed by atoms with van der Waals surface area (Å²) < 4.78 is 0. The maximum Gasteiger partial charge on any atom is 0.225 e. The minimum atomic E-state index is 0.291. The van der Waals surface area contributed by atoms with E-state index in [2.05, 4.69) is 20.2 Å². The van der Waals surface area contributed by atoms with Crippen molar-refractivity contribution in [2.75, 3.05) is 18.4 Å². The summed E-state index contributed by atoms with van der Waals surface area (Å²) >= 11 is 0. The van der Waals surface area contributed by atoms with Crippen LogP contribution in [0.25, 0.3) is 0 Å². The van der Waals surface area contributed by atoms with Crippen molar-refractivity contribution in [3.63, 3.8) is 0 Å². The van der Waals surface area contributed by atoms with Crippen molar-refractivity contribution >= 4 is 11.7 Å². The number of nitrogens with zero attached hydrogens (tertiary/aromatic N) is 3. The van der Waals surface area contributed by atoms with Crippen LogP contribution in [0.4, 0.5) is 5.82 Å². The molecule has 1 amide bonds. The minimum Gasteiger partial charge on any atom is -0.365 e. The fraction of sp³-hybridized carbons (Fsp3) is 0.706. The highest BCUT2D eigenvalue weighted by Gasteiger charge is 2.32. The van der Waals surface area contributed by atoms with E-state index >= 15 is 0 Å². The molecule has 1 atom stereocenters. The van der Waals surface area contributed by atoms with Crippen molar-refractivity contribution in [2.45, 2.75) is 56.9 Å². The molecule has 3 aliphatic rings. The first-order chi connectivity index (χ1) is 10.8. The molecule has 4 rings (SSSR count). The number of carbonyl (C=O) groups excluding carboxylic acids is 1. The summed E-state index contributed by atoms with van der Waals surface area (Å²) in [5.74, 6) is 3.13. The van der Waals surface area contributed by atoms with E-state index in [1.54, 1.807) is 0 Å². The number of hydrogen-bond acceptors (Lipinski definition) is 4. The molecular formula is C17H24N4O. The zero-order valence-corrected chi connectivity index (χ0v) is 13.0. The van der Waals surface area contributed by atoms with Gasteiger partial charge in [0.05, 0.1) is 0 Å². The van der Waals surface area contributed by atoms with Crippen molar-refractivity contribution in [2.24, 2.45) is 5.92 Å². The van der Waals surface area contributed by atoms with Crippen LogP contribution in [0.3, 0.4) is 0 Å². The van der Waals surface area contributed by atoms with Gasteiger partial charge in [0.25, 0.3) is 0 Å². The summed E-state index contributed by atoms with van der Waals surface area (Å²) in [4.78, 5) is 23.5. The maximum absolute atomic E-state index is 12.5. The van der Waals surface area contributed by atoms with Crippen molar-refractivity contribution in [1.82, 2.24) is 14.9 Å². The van der Waals surface area contributed by atoms with Crippen LogP contribution in [0.5, 0.6) is 0 Å². The maximum atomic E-state index is 12.5. The van der Waals surface area contributed by atoms with Crippen LogP contribution in [-0.4, -0.2) is 39.9 Å². The summed E-state index contributed by atoms with van der Waals surface area (Å²) in [6.45, 7) is 1.70. The van der Waals surface area contributed by atoms with Crippen molar-refractivity contribution in [1.29, 1.82) is 0 Å². The molecule has 22 heavy (non-hydrogen) atoms. The molecule has 0 spiro atoms. The smallest absolute Gasteiger partial charge is 0.225 e. The number of anilines is 1. The molecule has 0 aromatic carbocycles. The predicted octanol–water partition coefficient (Wildman–Crippen LogP) is 2.56. The molecule has 5 heteroatoms. The van der Waals surface area contributed by atoms with E-state index in [0.717, 1.165) is 44.0 Å². The van der Waals surface area contributed by atoms with Gasteiger partial charge in [-0.2, -0.15) is 0 Å². The van der Waals surface area contributed by atoms with Crippen LogP contribution in [0, 0.1) is 5.92 Å². The Labute approximate surface area is 131 Å². The molecule has 1 unspecified atom stereocenters. The highest BCUT2D eigenvalue weighted by atomic mass is 16.2. The number of nitrogens with one attached hydrogen (secondary N) is 1. The quantitative estimate of drug-likeness (QED) is 0.928. The molecule has 1 aromatic rings. The number of aromatic nitrogens is 2. The molecule has 5 nitrogen and oxygen atoms in total. The van der Waals surface area contributed by atoms with Crippen LogP contribution in [0.2, 0.25) is 0 Å². The minimum absolute atomic E-state index is 0.291. The van der Waals surface area contributed by atoms with Crippen molar-refractivity contribution in [3.05, 3.63) is 18.1 Å². The number of amides is 1. The van der Waals surface area contributed by atoms with Gasteiger partial charge >= 0.3 is 0 Å². The summed E-state index contributed by atoms with van der Waals surface area (Å²) in [7, 11) is 0. The van der Waals surface area contributed by atoms with Crippen LogP contribution < -0.4 is 5.32 Å². The summed E-state index contributed by atoms with van der Waals surface area (Å²) in [5, 5.41) is 3.49. The monoisotopic (exact) mass is 300 g/mol. The van der Waals surface area contributed by atoms with Gasteiger partial charge in [-0.1, -0.05) is 12.8 Å². The average Bonchev–Trinajstić information content (AvgIpc) is 3.05. The second-order valence-electron chi connectivity index (χ2n) is 6.97. The summed E-state index contributed by atoms with van der Waals surface area (Å²) in [6.07, 6.45) is 9.91. The van der Waals surface area contributed by atoms with Gasteiger partial charge in [0, 0.05) is 37.2 Å². The molecule has 2 saturated carbocycles. The number of carbonyl (C=O) groups is 1. The van der Waals surface area contributed by atoms with E-state index < -0.39 is 0 Å². The lowest BCUT2D eigenvalue weighted by Gasteiger charge is -2.20. The van der Waals surface area contributed by atoms with Gasteiger partial charge in [-0.3, -0.25) is 4.79 Å². The SMILES string of the molecule is O=C(C1CCCC1)N1CCC(Nc2ccnc(C3CC3)n2)C1. The van der Waals surface area contributed by atoms with Gasteiger partial charge in [0.1, 0.15) is 11.6 Å². The fourth-order valence-electron chi connectivity index (χ4n) is 3.71. The molecule has 1 aromatic heterocycles. The third-order valence-electron chi connectivity index (χ3n) is 5.17. The fourth-order valence-corrected chi connectivity index (χ4v) is 3.71. The molecule has 1 saturated heterocycles. The Bertz CT molecular complexity index is 551. The molecule has 0 bridgehead atoms. The topological polar surface area (TPSA) is 58.1 Å². The highest BCUT2D eigenvalue weighted by Crippen LogP contribution is 2.38. The van der Waals surface area contributed by atoms with Crippen LogP contribution in [-0.2, 0) is 4.79 Å². The lowest BCUT2D eigenvalue weighted by Crippen LogP contribution is -2.35. The Balaban J connectivity index is 1.34. The lowest BCUT2D eigenvalue weighted by atomic mass is 10.1. The largest absolute Gasteiger partial charge is 0.365 e. The zero-order chi connectivity index (χ0) is 14.9. The van der Waals surface area contributed by atoms with Crippen LogP contribution in [0.15, 0.2) is 12.3 Å². The first kappa shape index (κ1) is 14.0. The van der Waals surface area contributed by atoms with Gasteiger partial charge in [0.15, 0.2) is 0 Å². The predicted molar refractivity (Wildman–Crippen MR) is 84.6 cm³/mol. The first-order valence-electron chi connectivity index (χ1n) is 8.68.